The summed E-state index contributed by atoms with van der Waals surface area (Å²) in [5, 5.41) is 8.94. The van der Waals surface area contributed by atoms with Crippen molar-refractivity contribution < 1.29 is 9.90 Å². The second kappa shape index (κ2) is 2.83. The number of nitrogens with zero attached hydrogens (tertiary/aromatic N) is 1. The van der Waals surface area contributed by atoms with Gasteiger partial charge in [0, 0.05) is 12.4 Å². The molecule has 3 nitrogen and oxygen atoms in total. The lowest BCUT2D eigenvalue weighted by Crippen LogP contribution is -2.17. The Labute approximate surface area is 76.4 Å². The van der Waals surface area contributed by atoms with Gasteiger partial charge in [-0.05, 0) is 30.9 Å². The lowest BCUT2D eigenvalue weighted by Gasteiger charge is -2.08. The molecule has 0 aromatic carbocycles. The molecule has 3 heteroatoms. The van der Waals surface area contributed by atoms with Gasteiger partial charge in [-0.1, -0.05) is 6.07 Å². The van der Waals surface area contributed by atoms with Crippen molar-refractivity contribution in [3.63, 3.8) is 0 Å². The van der Waals surface area contributed by atoms with E-state index in [1.54, 1.807) is 12.4 Å². The fraction of sp³-hybridized carbons (Fsp3) is 0.400. The molecule has 0 spiro atoms. The summed E-state index contributed by atoms with van der Waals surface area (Å²) in [6.07, 6.45) is 5.66. The molecule has 0 atom stereocenters. The second-order valence-electron chi connectivity index (χ2n) is 3.62. The van der Waals surface area contributed by atoms with Gasteiger partial charge in [0.2, 0.25) is 0 Å². The van der Waals surface area contributed by atoms with Crippen LogP contribution in [0.2, 0.25) is 0 Å². The molecular weight excluding hydrogens is 166 g/mol. The monoisotopic (exact) mass is 177 g/mol. The Bertz CT molecular complexity index is 317. The molecule has 0 amide bonds. The van der Waals surface area contributed by atoms with Gasteiger partial charge in [0.1, 0.15) is 0 Å². The topological polar surface area (TPSA) is 50.2 Å². The Balaban J connectivity index is 2.11. The number of hydrogen-bond donors (Lipinski definition) is 1. The maximum absolute atomic E-state index is 10.9. The van der Waals surface area contributed by atoms with E-state index in [9.17, 15) is 4.79 Å². The van der Waals surface area contributed by atoms with Gasteiger partial charge in [-0.2, -0.15) is 0 Å². The van der Waals surface area contributed by atoms with E-state index >= 15 is 0 Å². The molecule has 1 N–H and O–H groups in total. The van der Waals surface area contributed by atoms with E-state index in [0.717, 1.165) is 18.4 Å². The zero-order valence-electron chi connectivity index (χ0n) is 7.23. The highest BCUT2D eigenvalue weighted by Gasteiger charge is 2.49. The zero-order chi connectivity index (χ0) is 9.31. The highest BCUT2D eigenvalue weighted by atomic mass is 16.4. The van der Waals surface area contributed by atoms with Gasteiger partial charge in [-0.15, -0.1) is 0 Å². The molecule has 0 saturated heterocycles. The third-order valence-electron chi connectivity index (χ3n) is 2.57. The SMILES string of the molecule is O=C(O)C1(Cc2cccnc2)CC1. The van der Waals surface area contributed by atoms with Crippen molar-refractivity contribution in [1.29, 1.82) is 0 Å². The lowest BCUT2D eigenvalue weighted by molar-refractivity contribution is -0.143. The van der Waals surface area contributed by atoms with Crippen LogP contribution >= 0.6 is 0 Å². The number of aromatic nitrogens is 1. The minimum absolute atomic E-state index is 0.469. The zero-order valence-corrected chi connectivity index (χ0v) is 7.23. The van der Waals surface area contributed by atoms with Crippen molar-refractivity contribution in [3.8, 4) is 0 Å². The minimum atomic E-state index is -0.670. The molecular formula is C10H11NO2. The fourth-order valence-electron chi connectivity index (χ4n) is 1.51. The van der Waals surface area contributed by atoms with Crippen LogP contribution in [0.1, 0.15) is 18.4 Å². The van der Waals surface area contributed by atoms with E-state index in [0.29, 0.717) is 6.42 Å². The minimum Gasteiger partial charge on any atom is -0.481 e. The fourth-order valence-corrected chi connectivity index (χ4v) is 1.51. The van der Waals surface area contributed by atoms with Crippen molar-refractivity contribution in [1.82, 2.24) is 4.98 Å². The number of carbonyl (C=O) groups is 1. The number of carboxylic acid groups (broad SMARTS) is 1. The maximum atomic E-state index is 10.9. The van der Waals surface area contributed by atoms with E-state index in [2.05, 4.69) is 4.98 Å². The molecule has 2 rings (SSSR count). The molecule has 1 aromatic heterocycles. The van der Waals surface area contributed by atoms with Gasteiger partial charge >= 0.3 is 5.97 Å². The first-order chi connectivity index (χ1) is 6.23. The van der Waals surface area contributed by atoms with Gasteiger partial charge in [-0.3, -0.25) is 9.78 Å². The first-order valence-corrected chi connectivity index (χ1v) is 4.35. The summed E-state index contributed by atoms with van der Waals surface area (Å²) in [5.74, 6) is -0.670. The van der Waals surface area contributed by atoms with Gasteiger partial charge in [0.05, 0.1) is 5.41 Å². The Kier molecular flexibility index (Phi) is 1.79. The summed E-state index contributed by atoms with van der Waals surface area (Å²) in [6, 6.07) is 3.77. The Morgan fingerprint density at radius 1 is 1.62 bits per heavy atom. The van der Waals surface area contributed by atoms with Crippen molar-refractivity contribution in [2.75, 3.05) is 0 Å². The lowest BCUT2D eigenvalue weighted by atomic mass is 9.98. The summed E-state index contributed by atoms with van der Waals surface area (Å²) < 4.78 is 0. The van der Waals surface area contributed by atoms with E-state index in [4.69, 9.17) is 5.11 Å². The summed E-state index contributed by atoms with van der Waals surface area (Å²) in [7, 11) is 0. The van der Waals surface area contributed by atoms with Crippen LogP contribution in [0, 0.1) is 5.41 Å². The third-order valence-corrected chi connectivity index (χ3v) is 2.57. The van der Waals surface area contributed by atoms with Gasteiger partial charge < -0.3 is 5.11 Å². The van der Waals surface area contributed by atoms with Crippen molar-refractivity contribution in [2.45, 2.75) is 19.3 Å². The summed E-state index contributed by atoms with van der Waals surface area (Å²) in [5.41, 5.74) is 0.547. The smallest absolute Gasteiger partial charge is 0.309 e. The molecule has 13 heavy (non-hydrogen) atoms. The number of carboxylic acids is 1. The first-order valence-electron chi connectivity index (χ1n) is 4.35. The van der Waals surface area contributed by atoms with Crippen molar-refractivity contribution >= 4 is 5.97 Å². The first kappa shape index (κ1) is 8.23. The number of pyridine rings is 1. The van der Waals surface area contributed by atoms with Crippen LogP contribution in [0.5, 0.6) is 0 Å². The molecule has 1 aromatic rings. The summed E-state index contributed by atoms with van der Waals surface area (Å²) >= 11 is 0. The molecule has 0 radical (unpaired) electrons. The van der Waals surface area contributed by atoms with Crippen LogP contribution in [0.25, 0.3) is 0 Å². The second-order valence-corrected chi connectivity index (χ2v) is 3.62. The summed E-state index contributed by atoms with van der Waals surface area (Å²) in [4.78, 5) is 14.8. The molecule has 68 valence electrons. The summed E-state index contributed by atoms with van der Waals surface area (Å²) in [6.45, 7) is 0. The van der Waals surface area contributed by atoms with Crippen molar-refractivity contribution in [3.05, 3.63) is 30.1 Å². The number of hydrogen-bond acceptors (Lipinski definition) is 2. The third kappa shape index (κ3) is 1.54. The largest absolute Gasteiger partial charge is 0.481 e. The molecule has 1 aliphatic carbocycles. The Hall–Kier alpha value is -1.38. The van der Waals surface area contributed by atoms with Gasteiger partial charge in [-0.25, -0.2) is 0 Å². The average Bonchev–Trinajstić information content (AvgIpc) is 2.87. The molecule has 1 heterocycles. The van der Waals surface area contributed by atoms with E-state index in [1.807, 2.05) is 12.1 Å². The highest BCUT2D eigenvalue weighted by Crippen LogP contribution is 2.48. The van der Waals surface area contributed by atoms with Crippen LogP contribution in [-0.4, -0.2) is 16.1 Å². The van der Waals surface area contributed by atoms with Crippen LogP contribution in [-0.2, 0) is 11.2 Å². The van der Waals surface area contributed by atoms with Crippen LogP contribution in [0.4, 0.5) is 0 Å². The number of rotatable bonds is 3. The Morgan fingerprint density at radius 2 is 2.38 bits per heavy atom. The molecule has 0 aliphatic heterocycles. The molecule has 1 aliphatic rings. The van der Waals surface area contributed by atoms with Crippen LogP contribution < -0.4 is 0 Å². The normalized spacial score (nSPS) is 18.2. The van der Waals surface area contributed by atoms with E-state index < -0.39 is 11.4 Å². The predicted molar refractivity (Wildman–Crippen MR) is 47.2 cm³/mol. The molecule has 0 unspecified atom stereocenters. The van der Waals surface area contributed by atoms with Gasteiger partial charge in [0.15, 0.2) is 0 Å². The number of aliphatic carboxylic acids is 1. The highest BCUT2D eigenvalue weighted by molar-refractivity contribution is 5.78. The molecule has 0 bridgehead atoms. The quantitative estimate of drug-likeness (QED) is 0.760. The average molecular weight is 177 g/mol. The van der Waals surface area contributed by atoms with Crippen molar-refractivity contribution in [2.24, 2.45) is 5.41 Å². The van der Waals surface area contributed by atoms with E-state index in [1.165, 1.54) is 0 Å². The van der Waals surface area contributed by atoms with E-state index in [-0.39, 0.29) is 0 Å². The molecule has 1 fully saturated rings. The van der Waals surface area contributed by atoms with Crippen LogP contribution in [0.3, 0.4) is 0 Å². The molecule has 1 saturated carbocycles. The standard InChI is InChI=1S/C10H11NO2/c12-9(13)10(3-4-10)6-8-2-1-5-11-7-8/h1-2,5,7H,3-4,6H2,(H,12,13). The predicted octanol–water partition coefficient (Wildman–Crippen LogP) is 1.49. The maximum Gasteiger partial charge on any atom is 0.309 e. The van der Waals surface area contributed by atoms with Crippen LogP contribution in [0.15, 0.2) is 24.5 Å². The Morgan fingerprint density at radius 3 is 2.85 bits per heavy atom. The van der Waals surface area contributed by atoms with Gasteiger partial charge in [0.25, 0.3) is 0 Å².